The first-order valence-corrected chi connectivity index (χ1v) is 9.27. The topological polar surface area (TPSA) is 77.1 Å². The fraction of sp³-hybridized carbons (Fsp3) is 0.238. The van der Waals surface area contributed by atoms with Crippen LogP contribution in [-0.4, -0.2) is 30.3 Å². The first-order chi connectivity index (χ1) is 13.6. The maximum Gasteiger partial charge on any atom is 0.257 e. The molecule has 0 saturated heterocycles. The number of aromatic nitrogens is 5. The molecular formula is C21H22N6O. The maximum atomic E-state index is 12.7. The van der Waals surface area contributed by atoms with Gasteiger partial charge in [-0.2, -0.15) is 10.2 Å². The van der Waals surface area contributed by atoms with Crippen LogP contribution in [0, 0.1) is 13.8 Å². The van der Waals surface area contributed by atoms with Crippen LogP contribution < -0.4 is 5.32 Å². The highest BCUT2D eigenvalue weighted by atomic mass is 16.1. The van der Waals surface area contributed by atoms with Crippen molar-refractivity contribution < 1.29 is 4.79 Å². The van der Waals surface area contributed by atoms with Gasteiger partial charge in [0.05, 0.1) is 18.1 Å². The van der Waals surface area contributed by atoms with Gasteiger partial charge in [0, 0.05) is 36.1 Å². The monoisotopic (exact) mass is 374 g/mol. The van der Waals surface area contributed by atoms with Crippen molar-refractivity contribution in [2.24, 2.45) is 0 Å². The molecule has 7 nitrogen and oxygen atoms in total. The van der Waals surface area contributed by atoms with Crippen molar-refractivity contribution in [1.29, 1.82) is 0 Å². The Morgan fingerprint density at radius 1 is 1.07 bits per heavy atom. The number of nitrogens with zero attached hydrogens (tertiary/aromatic N) is 5. The first-order valence-electron chi connectivity index (χ1n) is 9.27. The van der Waals surface area contributed by atoms with Gasteiger partial charge < -0.3 is 5.32 Å². The Kier molecular flexibility index (Phi) is 4.65. The van der Waals surface area contributed by atoms with Gasteiger partial charge in [-0.1, -0.05) is 29.8 Å². The molecule has 0 saturated carbocycles. The van der Waals surface area contributed by atoms with Gasteiger partial charge in [-0.05, 0) is 26.8 Å². The summed E-state index contributed by atoms with van der Waals surface area (Å²) in [5, 5.41) is 11.7. The predicted molar refractivity (Wildman–Crippen MR) is 107 cm³/mol. The van der Waals surface area contributed by atoms with Crippen molar-refractivity contribution in [3.63, 3.8) is 0 Å². The zero-order chi connectivity index (χ0) is 19.7. The van der Waals surface area contributed by atoms with Crippen molar-refractivity contribution in [2.75, 3.05) is 0 Å². The number of benzene rings is 1. The summed E-state index contributed by atoms with van der Waals surface area (Å²) in [5.41, 5.74) is 6.16. The van der Waals surface area contributed by atoms with Crippen LogP contribution in [-0.2, 0) is 13.1 Å². The third-order valence-corrected chi connectivity index (χ3v) is 4.94. The Labute approximate surface area is 163 Å². The normalized spacial score (nSPS) is 11.1. The second-order valence-corrected chi connectivity index (χ2v) is 6.74. The third-order valence-electron chi connectivity index (χ3n) is 4.94. The molecule has 0 aliphatic rings. The second kappa shape index (κ2) is 7.26. The highest BCUT2D eigenvalue weighted by molar-refractivity contribution is 5.99. The average molecular weight is 374 g/mol. The van der Waals surface area contributed by atoms with E-state index in [4.69, 9.17) is 0 Å². The molecule has 0 radical (unpaired) electrons. The lowest BCUT2D eigenvalue weighted by Gasteiger charge is -2.06. The number of fused-ring (bicyclic) bond motifs is 1. The number of carbonyl (C=O) groups excluding carboxylic acids is 1. The number of hydrogen-bond donors (Lipinski definition) is 1. The summed E-state index contributed by atoms with van der Waals surface area (Å²) in [4.78, 5) is 17.1. The Morgan fingerprint density at radius 2 is 1.86 bits per heavy atom. The molecule has 4 aromatic rings. The third kappa shape index (κ3) is 3.15. The van der Waals surface area contributed by atoms with E-state index < -0.39 is 0 Å². The molecule has 3 heterocycles. The van der Waals surface area contributed by atoms with Crippen LogP contribution in [0.15, 0.2) is 48.9 Å². The Morgan fingerprint density at radius 3 is 2.57 bits per heavy atom. The number of aryl methyl sites for hydroxylation is 2. The smallest absolute Gasteiger partial charge is 0.257 e. The molecule has 4 rings (SSSR count). The van der Waals surface area contributed by atoms with Crippen LogP contribution >= 0.6 is 0 Å². The summed E-state index contributed by atoms with van der Waals surface area (Å²) in [5.74, 6) is -0.202. The van der Waals surface area contributed by atoms with E-state index in [0.29, 0.717) is 17.8 Å². The Hall–Kier alpha value is -3.48. The van der Waals surface area contributed by atoms with E-state index in [9.17, 15) is 4.79 Å². The molecule has 1 aromatic carbocycles. The molecule has 28 heavy (non-hydrogen) atoms. The largest absolute Gasteiger partial charge is 0.348 e. The van der Waals surface area contributed by atoms with Crippen LogP contribution in [0.5, 0.6) is 0 Å². The lowest BCUT2D eigenvalue weighted by molar-refractivity contribution is 0.0952. The van der Waals surface area contributed by atoms with Crippen molar-refractivity contribution in [1.82, 2.24) is 29.7 Å². The molecule has 0 fully saturated rings. The molecule has 7 heteroatoms. The first kappa shape index (κ1) is 17.9. The molecule has 0 aliphatic carbocycles. The highest BCUT2D eigenvalue weighted by Crippen LogP contribution is 2.21. The minimum atomic E-state index is -0.202. The molecule has 0 unspecified atom stereocenters. The second-order valence-electron chi connectivity index (χ2n) is 6.74. The summed E-state index contributed by atoms with van der Waals surface area (Å²) in [6.07, 6.45) is 5.07. The molecule has 3 aromatic heterocycles. The summed E-state index contributed by atoms with van der Waals surface area (Å²) < 4.78 is 3.62. The number of rotatable bonds is 5. The summed E-state index contributed by atoms with van der Waals surface area (Å²) in [7, 11) is 0. The fourth-order valence-electron chi connectivity index (χ4n) is 3.24. The van der Waals surface area contributed by atoms with Gasteiger partial charge in [-0.15, -0.1) is 0 Å². The Bertz CT molecular complexity index is 1140. The van der Waals surface area contributed by atoms with Gasteiger partial charge in [-0.25, -0.2) is 9.50 Å². The maximum absolute atomic E-state index is 12.7. The van der Waals surface area contributed by atoms with Crippen LogP contribution in [0.25, 0.3) is 16.9 Å². The van der Waals surface area contributed by atoms with Gasteiger partial charge in [-0.3, -0.25) is 9.48 Å². The van der Waals surface area contributed by atoms with Crippen LogP contribution in [0.4, 0.5) is 0 Å². The lowest BCUT2D eigenvalue weighted by atomic mass is 10.1. The van der Waals surface area contributed by atoms with Crippen LogP contribution in [0.2, 0.25) is 0 Å². The van der Waals surface area contributed by atoms with Crippen molar-refractivity contribution >= 4 is 11.6 Å². The van der Waals surface area contributed by atoms with Crippen molar-refractivity contribution in [2.45, 2.75) is 33.9 Å². The SMILES string of the molecule is CCn1ncc(CNC(=O)c2cnn3c(-c4ccc(C)cc4)ccnc23)c1C. The van der Waals surface area contributed by atoms with E-state index in [1.165, 1.54) is 5.56 Å². The number of nitrogens with one attached hydrogen (secondary N) is 1. The quantitative estimate of drug-likeness (QED) is 0.582. The number of hydrogen-bond acceptors (Lipinski definition) is 4. The lowest BCUT2D eigenvalue weighted by Crippen LogP contribution is -2.23. The Balaban J connectivity index is 1.60. The highest BCUT2D eigenvalue weighted by Gasteiger charge is 2.16. The minimum Gasteiger partial charge on any atom is -0.348 e. The molecule has 0 aliphatic heterocycles. The van der Waals surface area contributed by atoms with E-state index in [0.717, 1.165) is 29.1 Å². The zero-order valence-electron chi connectivity index (χ0n) is 16.2. The molecule has 0 spiro atoms. The molecule has 1 amide bonds. The standard InChI is InChI=1S/C21H22N6O/c1-4-26-15(3)17(12-24-26)11-23-21(28)18-13-25-27-19(9-10-22-20(18)27)16-7-5-14(2)6-8-16/h5-10,12-13H,4,11H2,1-3H3,(H,23,28). The van der Waals surface area contributed by atoms with Gasteiger partial charge in [0.2, 0.25) is 0 Å². The summed E-state index contributed by atoms with van der Waals surface area (Å²) in [6, 6.07) is 10.1. The fourth-order valence-corrected chi connectivity index (χ4v) is 3.24. The van der Waals surface area contributed by atoms with E-state index in [1.807, 2.05) is 43.7 Å². The number of carbonyl (C=O) groups is 1. The van der Waals surface area contributed by atoms with Crippen LogP contribution in [0.1, 0.15) is 34.1 Å². The van der Waals surface area contributed by atoms with Gasteiger partial charge in [0.25, 0.3) is 5.91 Å². The van der Waals surface area contributed by atoms with E-state index in [-0.39, 0.29) is 5.91 Å². The molecule has 1 N–H and O–H groups in total. The predicted octanol–water partition coefficient (Wildman–Crippen LogP) is 3.16. The van der Waals surface area contributed by atoms with Gasteiger partial charge in [0.1, 0.15) is 5.56 Å². The minimum absolute atomic E-state index is 0.202. The average Bonchev–Trinajstić information content (AvgIpc) is 3.30. The molecular weight excluding hydrogens is 352 g/mol. The van der Waals surface area contributed by atoms with E-state index >= 15 is 0 Å². The number of amides is 1. The van der Waals surface area contributed by atoms with E-state index in [1.54, 1.807) is 23.1 Å². The zero-order valence-corrected chi connectivity index (χ0v) is 16.2. The summed E-state index contributed by atoms with van der Waals surface area (Å²) >= 11 is 0. The van der Waals surface area contributed by atoms with E-state index in [2.05, 4.69) is 32.6 Å². The molecule has 142 valence electrons. The van der Waals surface area contributed by atoms with Gasteiger partial charge >= 0.3 is 0 Å². The van der Waals surface area contributed by atoms with Gasteiger partial charge in [0.15, 0.2) is 5.65 Å². The van der Waals surface area contributed by atoms with Crippen molar-refractivity contribution in [3.05, 3.63) is 71.3 Å². The van der Waals surface area contributed by atoms with Crippen molar-refractivity contribution in [3.8, 4) is 11.3 Å². The molecule has 0 atom stereocenters. The van der Waals surface area contributed by atoms with Crippen LogP contribution in [0.3, 0.4) is 0 Å². The molecule has 0 bridgehead atoms. The summed E-state index contributed by atoms with van der Waals surface area (Å²) in [6.45, 7) is 7.31.